The first-order valence-corrected chi connectivity index (χ1v) is 6.76. The van der Waals surface area contributed by atoms with Crippen LogP contribution in [-0.4, -0.2) is 37.7 Å². The largest absolute Gasteiger partial charge is 0.466 e. The van der Waals surface area contributed by atoms with Gasteiger partial charge in [-0.25, -0.2) is 0 Å². The fourth-order valence-corrected chi connectivity index (χ4v) is 1.82. The Balaban J connectivity index is 5.67. The lowest BCUT2D eigenvalue weighted by atomic mass is 9.74. The van der Waals surface area contributed by atoms with E-state index >= 15 is 0 Å². The zero-order valence-corrected chi connectivity index (χ0v) is 12.8. The van der Waals surface area contributed by atoms with Crippen molar-refractivity contribution in [3.05, 3.63) is 0 Å². The van der Waals surface area contributed by atoms with Crippen molar-refractivity contribution in [1.29, 1.82) is 5.26 Å². The molecule has 0 rings (SSSR count). The number of ether oxygens (including phenoxy) is 3. The molecule has 0 heterocycles. The van der Waals surface area contributed by atoms with Crippen LogP contribution in [0.25, 0.3) is 0 Å². The molecule has 1 unspecified atom stereocenters. The monoisotopic (exact) mass is 299 g/mol. The van der Waals surface area contributed by atoms with Crippen molar-refractivity contribution in [2.45, 2.75) is 34.1 Å². The van der Waals surface area contributed by atoms with Gasteiger partial charge in [-0.1, -0.05) is 0 Å². The van der Waals surface area contributed by atoms with E-state index in [9.17, 15) is 14.4 Å². The molecule has 0 aromatic carbocycles. The summed E-state index contributed by atoms with van der Waals surface area (Å²) in [6, 6.07) is 1.81. The third-order valence-electron chi connectivity index (χ3n) is 2.87. The molecule has 0 radical (unpaired) electrons. The molecular weight excluding hydrogens is 278 g/mol. The topological polar surface area (TPSA) is 103 Å². The minimum Gasteiger partial charge on any atom is -0.466 e. The lowest BCUT2D eigenvalue weighted by Gasteiger charge is -2.30. The maximum atomic E-state index is 12.1. The average Bonchev–Trinajstić information content (AvgIpc) is 2.40. The van der Waals surface area contributed by atoms with Crippen LogP contribution >= 0.6 is 0 Å². The van der Waals surface area contributed by atoms with Gasteiger partial charge in [-0.05, 0) is 27.7 Å². The van der Waals surface area contributed by atoms with Crippen molar-refractivity contribution in [3.8, 4) is 6.07 Å². The van der Waals surface area contributed by atoms with Gasteiger partial charge in [0.25, 0.3) is 0 Å². The minimum atomic E-state index is -1.65. The maximum Gasteiger partial charge on any atom is 0.321 e. The van der Waals surface area contributed by atoms with Crippen molar-refractivity contribution >= 4 is 17.9 Å². The van der Waals surface area contributed by atoms with Gasteiger partial charge >= 0.3 is 17.9 Å². The molecule has 0 aromatic rings. The van der Waals surface area contributed by atoms with Crippen molar-refractivity contribution in [1.82, 2.24) is 0 Å². The predicted molar refractivity (Wildman–Crippen MR) is 71.7 cm³/mol. The van der Waals surface area contributed by atoms with Crippen molar-refractivity contribution in [3.63, 3.8) is 0 Å². The molecule has 0 aliphatic rings. The number of esters is 3. The molecule has 0 N–H and O–H groups in total. The van der Waals surface area contributed by atoms with Gasteiger partial charge < -0.3 is 14.2 Å². The standard InChI is InChI=1S/C14H21NO6/c1-5-19-11(16)10(12(17)20-6-2)14(4,8-9-15)13(18)21-7-3/h10H,5-8H2,1-4H3. The Morgan fingerprint density at radius 1 is 1.00 bits per heavy atom. The van der Waals surface area contributed by atoms with Crippen molar-refractivity contribution < 1.29 is 28.6 Å². The van der Waals surface area contributed by atoms with Crippen molar-refractivity contribution in [2.75, 3.05) is 19.8 Å². The van der Waals surface area contributed by atoms with Crippen LogP contribution in [-0.2, 0) is 28.6 Å². The van der Waals surface area contributed by atoms with Crippen molar-refractivity contribution in [2.24, 2.45) is 11.3 Å². The smallest absolute Gasteiger partial charge is 0.321 e. The fraction of sp³-hybridized carbons (Fsp3) is 0.714. The van der Waals surface area contributed by atoms with Crippen LogP contribution < -0.4 is 0 Å². The highest BCUT2D eigenvalue weighted by atomic mass is 16.6. The molecule has 0 aliphatic heterocycles. The summed E-state index contributed by atoms with van der Waals surface area (Å²) in [4.78, 5) is 36.2. The summed E-state index contributed by atoms with van der Waals surface area (Å²) in [5, 5.41) is 8.93. The SMILES string of the molecule is CCOC(=O)C(C(=O)OCC)C(C)(CC#N)C(=O)OCC. The molecule has 0 saturated carbocycles. The second kappa shape index (κ2) is 8.95. The second-order valence-corrected chi connectivity index (χ2v) is 4.41. The number of nitriles is 1. The lowest BCUT2D eigenvalue weighted by molar-refractivity contribution is -0.178. The number of carbonyl (C=O) groups excluding carboxylic acids is 3. The van der Waals surface area contributed by atoms with Crippen LogP contribution in [0.15, 0.2) is 0 Å². The highest BCUT2D eigenvalue weighted by molar-refractivity contribution is 6.00. The maximum absolute atomic E-state index is 12.1. The van der Waals surface area contributed by atoms with Gasteiger partial charge in [0.2, 0.25) is 0 Å². The first-order chi connectivity index (χ1) is 9.88. The second-order valence-electron chi connectivity index (χ2n) is 4.41. The number of rotatable bonds is 8. The van der Waals surface area contributed by atoms with Crippen LogP contribution in [0.5, 0.6) is 0 Å². The Labute approximate surface area is 124 Å². The van der Waals surface area contributed by atoms with E-state index in [1.165, 1.54) is 6.92 Å². The fourth-order valence-electron chi connectivity index (χ4n) is 1.82. The third kappa shape index (κ3) is 4.74. The number of carbonyl (C=O) groups is 3. The molecule has 118 valence electrons. The number of hydrogen-bond donors (Lipinski definition) is 0. The molecule has 0 fully saturated rings. The average molecular weight is 299 g/mol. The van der Waals surface area contributed by atoms with Gasteiger partial charge in [0.1, 0.15) is 5.41 Å². The Morgan fingerprint density at radius 2 is 1.43 bits per heavy atom. The lowest BCUT2D eigenvalue weighted by Crippen LogP contribution is -2.47. The molecular formula is C14H21NO6. The Hall–Kier alpha value is -2.10. The normalized spacial score (nSPS) is 13.0. The predicted octanol–water partition coefficient (Wildman–Crippen LogP) is 1.21. The van der Waals surface area contributed by atoms with Gasteiger partial charge in [0.15, 0.2) is 5.92 Å². The Morgan fingerprint density at radius 3 is 1.76 bits per heavy atom. The van der Waals surface area contributed by atoms with Gasteiger partial charge in [0, 0.05) is 0 Å². The van der Waals surface area contributed by atoms with E-state index in [4.69, 9.17) is 19.5 Å². The summed E-state index contributed by atoms with van der Waals surface area (Å²) in [5.74, 6) is -4.14. The Bertz CT molecular complexity index is 410. The summed E-state index contributed by atoms with van der Waals surface area (Å²) < 4.78 is 14.6. The molecule has 0 aromatic heterocycles. The summed E-state index contributed by atoms with van der Waals surface area (Å²) in [6.07, 6.45) is -0.367. The van der Waals surface area contributed by atoms with Crippen LogP contribution in [0.2, 0.25) is 0 Å². The van der Waals surface area contributed by atoms with E-state index in [1.807, 2.05) is 0 Å². The quantitative estimate of drug-likeness (QED) is 0.377. The van der Waals surface area contributed by atoms with Crippen LogP contribution in [0.1, 0.15) is 34.1 Å². The van der Waals surface area contributed by atoms with Gasteiger partial charge in [-0.2, -0.15) is 5.26 Å². The number of nitrogens with zero attached hydrogens (tertiary/aromatic N) is 1. The van der Waals surface area contributed by atoms with Crippen LogP contribution in [0, 0.1) is 22.7 Å². The van der Waals surface area contributed by atoms with E-state index in [0.717, 1.165) is 0 Å². The van der Waals surface area contributed by atoms with E-state index in [2.05, 4.69) is 0 Å². The van der Waals surface area contributed by atoms with Gasteiger partial charge in [0.05, 0.1) is 32.3 Å². The highest BCUT2D eigenvalue weighted by Crippen LogP contribution is 2.35. The first-order valence-electron chi connectivity index (χ1n) is 6.76. The molecule has 7 heteroatoms. The van der Waals surface area contributed by atoms with E-state index in [1.54, 1.807) is 26.8 Å². The van der Waals surface area contributed by atoms with Crippen LogP contribution in [0.4, 0.5) is 0 Å². The summed E-state index contributed by atoms with van der Waals surface area (Å²) >= 11 is 0. The molecule has 0 spiro atoms. The van der Waals surface area contributed by atoms with E-state index in [-0.39, 0.29) is 26.2 Å². The first kappa shape index (κ1) is 18.9. The Kier molecular flexibility index (Phi) is 8.06. The zero-order chi connectivity index (χ0) is 16.5. The summed E-state index contributed by atoms with van der Waals surface area (Å²) in [7, 11) is 0. The van der Waals surface area contributed by atoms with E-state index in [0.29, 0.717) is 0 Å². The van der Waals surface area contributed by atoms with E-state index < -0.39 is 29.2 Å². The molecule has 0 amide bonds. The highest BCUT2D eigenvalue weighted by Gasteiger charge is 2.52. The molecule has 0 aliphatic carbocycles. The molecule has 21 heavy (non-hydrogen) atoms. The summed E-state index contributed by atoms with van der Waals surface area (Å²) in [6.45, 7) is 6.22. The van der Waals surface area contributed by atoms with Gasteiger partial charge in [-0.15, -0.1) is 0 Å². The zero-order valence-electron chi connectivity index (χ0n) is 12.8. The molecule has 7 nitrogen and oxygen atoms in total. The summed E-state index contributed by atoms with van der Waals surface area (Å²) in [5.41, 5.74) is -1.65. The molecule has 1 atom stereocenters. The van der Waals surface area contributed by atoms with Gasteiger partial charge in [-0.3, -0.25) is 14.4 Å². The molecule has 0 bridgehead atoms. The third-order valence-corrected chi connectivity index (χ3v) is 2.87. The minimum absolute atomic E-state index is 0.0419. The van der Waals surface area contributed by atoms with Crippen LogP contribution in [0.3, 0.4) is 0 Å². The number of hydrogen-bond acceptors (Lipinski definition) is 7. The molecule has 0 saturated heterocycles.